The van der Waals surface area contributed by atoms with Crippen LogP contribution in [0.15, 0.2) is 0 Å². The highest BCUT2D eigenvalue weighted by atomic mass is 32.2. The van der Waals surface area contributed by atoms with E-state index in [1.54, 1.807) is 11.8 Å². The Morgan fingerprint density at radius 2 is 2.22 bits per heavy atom. The minimum atomic E-state index is 0.511. The van der Waals surface area contributed by atoms with Gasteiger partial charge in [0.2, 0.25) is 0 Å². The van der Waals surface area contributed by atoms with Crippen LogP contribution in [0.3, 0.4) is 0 Å². The van der Waals surface area contributed by atoms with Crippen LogP contribution >= 0.6 is 11.8 Å². The van der Waals surface area contributed by atoms with Crippen molar-refractivity contribution in [1.82, 2.24) is 5.32 Å². The molecule has 0 heterocycles. The van der Waals surface area contributed by atoms with E-state index in [-0.39, 0.29) is 0 Å². The second-order valence-electron chi connectivity index (χ2n) is 2.03. The fourth-order valence-corrected chi connectivity index (χ4v) is 1.14. The predicted molar refractivity (Wildman–Crippen MR) is 44.1 cm³/mol. The molecule has 0 aliphatic rings. The molecule has 9 heavy (non-hydrogen) atoms. The Hall–Kier alpha value is -0.180. The van der Waals surface area contributed by atoms with Crippen LogP contribution in [-0.2, 0) is 0 Å². The van der Waals surface area contributed by atoms with Crippen molar-refractivity contribution in [2.24, 2.45) is 0 Å². The lowest BCUT2D eigenvalue weighted by Crippen LogP contribution is -2.19. The van der Waals surface area contributed by atoms with Gasteiger partial charge in [-0.1, -0.05) is 25.6 Å². The van der Waals surface area contributed by atoms with Crippen molar-refractivity contribution in [2.75, 3.05) is 6.54 Å². The van der Waals surface area contributed by atoms with E-state index < -0.39 is 0 Å². The molecule has 0 spiro atoms. The number of rotatable bonds is 2. The molecular weight excluding hydrogens is 132 g/mol. The third-order valence-corrected chi connectivity index (χ3v) is 1.54. The molecule has 0 aromatic heterocycles. The van der Waals surface area contributed by atoms with Crippen LogP contribution in [0.5, 0.6) is 0 Å². The second kappa shape index (κ2) is 4.68. The quantitative estimate of drug-likeness (QED) is 0.459. The standard InChI is InChI=1S/C6H14N2S/c1-4-8-6(7)9-5(2)3/h5H,4H2,1-3H3,(H2,7,8). The highest BCUT2D eigenvalue weighted by Gasteiger charge is 1.97. The molecule has 2 N–H and O–H groups in total. The molecule has 0 unspecified atom stereocenters. The Morgan fingerprint density at radius 3 is 2.56 bits per heavy atom. The van der Waals surface area contributed by atoms with Crippen molar-refractivity contribution in [3.8, 4) is 0 Å². The van der Waals surface area contributed by atoms with E-state index >= 15 is 0 Å². The van der Waals surface area contributed by atoms with Crippen molar-refractivity contribution in [3.05, 3.63) is 0 Å². The molecule has 0 aliphatic carbocycles. The topological polar surface area (TPSA) is 35.9 Å². The Bertz CT molecular complexity index is 91.1. The van der Waals surface area contributed by atoms with Gasteiger partial charge in [-0.25, -0.2) is 0 Å². The Morgan fingerprint density at radius 1 is 1.67 bits per heavy atom. The zero-order valence-electron chi connectivity index (χ0n) is 6.19. The first kappa shape index (κ1) is 8.82. The lowest BCUT2D eigenvalue weighted by atomic mass is 10.6. The van der Waals surface area contributed by atoms with Gasteiger partial charge in [-0.15, -0.1) is 0 Å². The van der Waals surface area contributed by atoms with Gasteiger partial charge in [0.15, 0.2) is 5.17 Å². The molecule has 3 heteroatoms. The minimum Gasteiger partial charge on any atom is -0.365 e. The van der Waals surface area contributed by atoms with Crippen LogP contribution in [0.2, 0.25) is 0 Å². The van der Waals surface area contributed by atoms with E-state index in [4.69, 9.17) is 5.41 Å². The zero-order chi connectivity index (χ0) is 7.28. The van der Waals surface area contributed by atoms with Gasteiger partial charge < -0.3 is 5.32 Å². The van der Waals surface area contributed by atoms with E-state index in [9.17, 15) is 0 Å². The summed E-state index contributed by atoms with van der Waals surface area (Å²) in [6.45, 7) is 7.00. The lowest BCUT2D eigenvalue weighted by Gasteiger charge is -2.05. The third-order valence-electron chi connectivity index (χ3n) is 0.691. The van der Waals surface area contributed by atoms with Gasteiger partial charge in [0, 0.05) is 11.8 Å². The molecular formula is C6H14N2S. The molecule has 0 bridgehead atoms. The summed E-state index contributed by atoms with van der Waals surface area (Å²) in [6, 6.07) is 0. The smallest absolute Gasteiger partial charge is 0.153 e. The van der Waals surface area contributed by atoms with Gasteiger partial charge in [0.1, 0.15) is 0 Å². The molecule has 0 fully saturated rings. The van der Waals surface area contributed by atoms with Crippen LogP contribution < -0.4 is 5.32 Å². The number of hydrogen-bond donors (Lipinski definition) is 2. The van der Waals surface area contributed by atoms with E-state index in [2.05, 4.69) is 19.2 Å². The van der Waals surface area contributed by atoms with Crippen molar-refractivity contribution >= 4 is 16.9 Å². The summed E-state index contributed by atoms with van der Waals surface area (Å²) < 4.78 is 0. The summed E-state index contributed by atoms with van der Waals surface area (Å²) in [5, 5.41) is 11.3. The number of hydrogen-bond acceptors (Lipinski definition) is 2. The summed E-state index contributed by atoms with van der Waals surface area (Å²) in [5.41, 5.74) is 0. The summed E-state index contributed by atoms with van der Waals surface area (Å²) in [4.78, 5) is 0. The number of thioether (sulfide) groups is 1. The van der Waals surface area contributed by atoms with Gasteiger partial charge in [-0.3, -0.25) is 5.41 Å². The fraction of sp³-hybridized carbons (Fsp3) is 0.833. The zero-order valence-corrected chi connectivity index (χ0v) is 7.01. The van der Waals surface area contributed by atoms with Crippen LogP contribution in [0.1, 0.15) is 20.8 Å². The highest BCUT2D eigenvalue weighted by Crippen LogP contribution is 2.07. The van der Waals surface area contributed by atoms with Crippen molar-refractivity contribution in [1.29, 1.82) is 5.41 Å². The molecule has 2 nitrogen and oxygen atoms in total. The maximum absolute atomic E-state index is 7.27. The molecule has 54 valence electrons. The predicted octanol–water partition coefficient (Wildman–Crippen LogP) is 1.67. The largest absolute Gasteiger partial charge is 0.365 e. The van der Waals surface area contributed by atoms with E-state index in [1.807, 2.05) is 6.92 Å². The van der Waals surface area contributed by atoms with Gasteiger partial charge >= 0.3 is 0 Å². The van der Waals surface area contributed by atoms with Gasteiger partial charge in [-0.2, -0.15) is 0 Å². The maximum Gasteiger partial charge on any atom is 0.153 e. The van der Waals surface area contributed by atoms with Crippen molar-refractivity contribution in [2.45, 2.75) is 26.0 Å². The average molecular weight is 146 g/mol. The Balaban J connectivity index is 3.27. The molecule has 0 aromatic carbocycles. The van der Waals surface area contributed by atoms with Gasteiger partial charge in [0.05, 0.1) is 0 Å². The van der Waals surface area contributed by atoms with E-state index in [1.165, 1.54) is 0 Å². The minimum absolute atomic E-state index is 0.511. The monoisotopic (exact) mass is 146 g/mol. The molecule has 0 amide bonds. The Labute approximate surface area is 60.9 Å². The normalized spacial score (nSPS) is 9.78. The molecule has 0 saturated carbocycles. The van der Waals surface area contributed by atoms with E-state index in [0.717, 1.165) is 6.54 Å². The first-order chi connectivity index (χ1) is 4.16. The average Bonchev–Trinajstić information content (AvgIpc) is 1.63. The number of nitrogens with one attached hydrogen (secondary N) is 2. The first-order valence-corrected chi connectivity index (χ1v) is 4.03. The number of amidine groups is 1. The van der Waals surface area contributed by atoms with Gasteiger partial charge in [0.25, 0.3) is 0 Å². The van der Waals surface area contributed by atoms with Crippen molar-refractivity contribution in [3.63, 3.8) is 0 Å². The second-order valence-corrected chi connectivity index (χ2v) is 3.61. The molecule has 0 radical (unpaired) electrons. The summed E-state index contributed by atoms with van der Waals surface area (Å²) in [7, 11) is 0. The van der Waals surface area contributed by atoms with Crippen LogP contribution in [-0.4, -0.2) is 17.0 Å². The maximum atomic E-state index is 7.27. The Kier molecular flexibility index (Phi) is 4.58. The lowest BCUT2D eigenvalue weighted by molar-refractivity contribution is 0.972. The SMILES string of the molecule is CCNC(=N)SC(C)C. The summed E-state index contributed by atoms with van der Waals surface area (Å²) in [5.74, 6) is 0. The molecule has 0 aliphatic heterocycles. The first-order valence-electron chi connectivity index (χ1n) is 3.16. The van der Waals surface area contributed by atoms with Crippen LogP contribution in [0.25, 0.3) is 0 Å². The van der Waals surface area contributed by atoms with E-state index in [0.29, 0.717) is 10.4 Å². The summed E-state index contributed by atoms with van der Waals surface area (Å²) >= 11 is 1.55. The third kappa shape index (κ3) is 5.69. The molecule has 0 atom stereocenters. The van der Waals surface area contributed by atoms with Gasteiger partial charge in [-0.05, 0) is 6.92 Å². The highest BCUT2D eigenvalue weighted by molar-refractivity contribution is 8.14. The van der Waals surface area contributed by atoms with Crippen molar-refractivity contribution < 1.29 is 0 Å². The molecule has 0 aromatic rings. The van der Waals surface area contributed by atoms with Crippen LogP contribution in [0, 0.1) is 5.41 Å². The molecule has 0 rings (SSSR count). The molecule has 0 saturated heterocycles. The van der Waals surface area contributed by atoms with Crippen LogP contribution in [0.4, 0.5) is 0 Å². The summed E-state index contributed by atoms with van der Waals surface area (Å²) in [6.07, 6.45) is 0. The fourth-order valence-electron chi connectivity index (χ4n) is 0.438.